The van der Waals surface area contributed by atoms with Gasteiger partial charge in [-0.3, -0.25) is 0 Å². The molecule has 0 saturated heterocycles. The molecule has 0 unspecified atom stereocenters. The van der Waals surface area contributed by atoms with Crippen molar-refractivity contribution in [3.63, 3.8) is 0 Å². The predicted molar refractivity (Wildman–Crippen MR) is 171 cm³/mol. The van der Waals surface area contributed by atoms with Crippen LogP contribution in [0.2, 0.25) is 10.0 Å². The number of rotatable bonds is 4. The molecule has 4 aromatic carbocycles. The normalized spacial score (nSPS) is 21.0. The third-order valence-electron chi connectivity index (χ3n) is 6.77. The summed E-state index contributed by atoms with van der Waals surface area (Å²) in [6, 6.07) is 24.5. The van der Waals surface area contributed by atoms with E-state index in [0.717, 1.165) is 20.1 Å². The van der Waals surface area contributed by atoms with Crippen molar-refractivity contribution in [2.75, 3.05) is 0 Å². The average Bonchev–Trinajstić information content (AvgIpc) is 3.52. The Morgan fingerprint density at radius 1 is 0.595 bits per heavy atom. The molecule has 216 valence electrons. The molecule has 2 heterocycles. The second-order valence-electron chi connectivity index (χ2n) is 9.70. The number of ether oxygens (including phenoxy) is 2. The van der Waals surface area contributed by atoms with Gasteiger partial charge >= 0.3 is 0 Å². The van der Waals surface area contributed by atoms with Crippen molar-refractivity contribution in [2.24, 2.45) is 9.98 Å². The minimum Gasteiger partial charge on any atom is -0.472 e. The summed E-state index contributed by atoms with van der Waals surface area (Å²) in [6.45, 7) is 3.83. The smallest absolute Gasteiger partial charge is 0.221 e. The maximum Gasteiger partial charge on any atom is 0.221 e. The highest BCUT2D eigenvalue weighted by Gasteiger charge is 2.32. The fourth-order valence-corrected chi connectivity index (χ4v) is 5.68. The number of benzene rings is 4. The molecule has 0 spiro atoms. The van der Waals surface area contributed by atoms with Gasteiger partial charge in [0.1, 0.15) is 35.9 Å². The third-order valence-corrected chi connectivity index (χ3v) is 8.46. The molecule has 2 aliphatic rings. The van der Waals surface area contributed by atoms with Crippen molar-refractivity contribution in [3.8, 4) is 0 Å². The number of nitrogens with zero attached hydrogens (tertiary/aromatic N) is 2. The van der Waals surface area contributed by atoms with Gasteiger partial charge in [-0.2, -0.15) is 0 Å². The molecule has 42 heavy (non-hydrogen) atoms. The molecule has 2 aliphatic heterocycles. The summed E-state index contributed by atoms with van der Waals surface area (Å²) in [5.74, 6) is -0.327. The van der Waals surface area contributed by atoms with Gasteiger partial charge < -0.3 is 9.47 Å². The SMILES string of the molecule is C[C@@H]1OC(c2c(F)cccc2Cl)=N[C@H]1c1ccc(Br)cc1.C[C@H]1OC(c2c(F)cccc2Cl)=N[C@@H]1c1ccc(Br)cc1. The number of hydrogen-bond donors (Lipinski definition) is 0. The van der Waals surface area contributed by atoms with Crippen LogP contribution in [0, 0.1) is 11.6 Å². The molecule has 0 bridgehead atoms. The van der Waals surface area contributed by atoms with Gasteiger partial charge in [-0.05, 0) is 73.5 Å². The lowest BCUT2D eigenvalue weighted by Crippen LogP contribution is -2.13. The van der Waals surface area contributed by atoms with Gasteiger partial charge in [0.05, 0.1) is 21.2 Å². The summed E-state index contributed by atoms with van der Waals surface area (Å²) in [4.78, 5) is 9.03. The van der Waals surface area contributed by atoms with Crippen LogP contribution in [0.1, 0.15) is 48.2 Å². The molecule has 6 rings (SSSR count). The first kappa shape index (κ1) is 30.7. The molecule has 4 nitrogen and oxygen atoms in total. The van der Waals surface area contributed by atoms with Crippen LogP contribution < -0.4 is 0 Å². The highest BCUT2D eigenvalue weighted by atomic mass is 79.9. The van der Waals surface area contributed by atoms with Crippen molar-refractivity contribution < 1.29 is 18.3 Å². The Morgan fingerprint density at radius 3 is 1.29 bits per heavy atom. The Balaban J connectivity index is 0.000000168. The van der Waals surface area contributed by atoms with E-state index in [1.807, 2.05) is 62.4 Å². The first-order valence-electron chi connectivity index (χ1n) is 13.0. The number of hydrogen-bond acceptors (Lipinski definition) is 4. The van der Waals surface area contributed by atoms with E-state index >= 15 is 0 Å². The van der Waals surface area contributed by atoms with Crippen LogP contribution in [0.5, 0.6) is 0 Å². The van der Waals surface area contributed by atoms with Crippen molar-refractivity contribution in [1.29, 1.82) is 0 Å². The monoisotopic (exact) mass is 734 g/mol. The predicted octanol–water partition coefficient (Wildman–Crippen LogP) is 10.3. The summed E-state index contributed by atoms with van der Waals surface area (Å²) in [7, 11) is 0. The van der Waals surface area contributed by atoms with Gasteiger partial charge in [0, 0.05) is 8.95 Å². The van der Waals surface area contributed by atoms with E-state index < -0.39 is 11.6 Å². The largest absolute Gasteiger partial charge is 0.472 e. The molecule has 0 N–H and O–H groups in total. The Labute approximate surface area is 269 Å². The van der Waals surface area contributed by atoms with E-state index in [9.17, 15) is 8.78 Å². The van der Waals surface area contributed by atoms with Crippen LogP contribution in [-0.4, -0.2) is 24.0 Å². The topological polar surface area (TPSA) is 43.2 Å². The molecule has 4 atom stereocenters. The van der Waals surface area contributed by atoms with E-state index in [2.05, 4.69) is 41.8 Å². The zero-order chi connectivity index (χ0) is 30.0. The lowest BCUT2D eigenvalue weighted by Gasteiger charge is -2.13. The maximum absolute atomic E-state index is 14.0. The van der Waals surface area contributed by atoms with E-state index in [0.29, 0.717) is 10.0 Å². The van der Waals surface area contributed by atoms with Crippen LogP contribution in [0.15, 0.2) is 104 Å². The van der Waals surface area contributed by atoms with E-state index in [1.54, 1.807) is 24.3 Å². The first-order valence-corrected chi connectivity index (χ1v) is 15.3. The zero-order valence-corrected chi connectivity index (χ0v) is 27.1. The number of halogens is 6. The second-order valence-corrected chi connectivity index (χ2v) is 12.3. The first-order chi connectivity index (χ1) is 20.1. The molecule has 0 saturated carbocycles. The van der Waals surface area contributed by atoms with Gasteiger partial charge in [0.25, 0.3) is 0 Å². The van der Waals surface area contributed by atoms with Crippen molar-refractivity contribution in [2.45, 2.75) is 38.1 Å². The highest BCUT2D eigenvalue weighted by molar-refractivity contribution is 9.10. The van der Waals surface area contributed by atoms with Crippen LogP contribution in [0.3, 0.4) is 0 Å². The average molecular weight is 737 g/mol. The van der Waals surface area contributed by atoms with Crippen LogP contribution in [0.4, 0.5) is 8.78 Å². The lowest BCUT2D eigenvalue weighted by atomic mass is 10.0. The molecule has 0 amide bonds. The maximum atomic E-state index is 14.0. The fourth-order valence-electron chi connectivity index (χ4n) is 4.67. The van der Waals surface area contributed by atoms with Crippen LogP contribution >= 0.6 is 55.1 Å². The van der Waals surface area contributed by atoms with Crippen LogP contribution in [-0.2, 0) is 9.47 Å². The minimum absolute atomic E-state index is 0.163. The fraction of sp³-hybridized carbons (Fsp3) is 0.188. The molecule has 0 fully saturated rings. The second kappa shape index (κ2) is 13.2. The standard InChI is InChI=1S/2C16H12BrClFNO/c2*1-9-15(10-5-7-11(17)8-6-10)20-16(21-9)14-12(18)3-2-4-13(14)19/h2*2-9,15H,1H3/t2*9-,15+/m10/s1. The Hall–Kier alpha value is -2.78. The summed E-state index contributed by atoms with van der Waals surface area (Å²) >= 11 is 18.9. The quantitative estimate of drug-likeness (QED) is 0.209. The number of aliphatic imine (C=N–C) groups is 2. The summed E-state index contributed by atoms with van der Waals surface area (Å²) < 4.78 is 41.4. The van der Waals surface area contributed by atoms with Gasteiger partial charge in [-0.25, -0.2) is 18.8 Å². The van der Waals surface area contributed by atoms with Gasteiger partial charge in [-0.1, -0.05) is 91.5 Å². The van der Waals surface area contributed by atoms with Crippen molar-refractivity contribution in [3.05, 3.63) is 138 Å². The van der Waals surface area contributed by atoms with Gasteiger partial charge in [-0.15, -0.1) is 0 Å². The Kier molecular flexibility index (Phi) is 9.67. The van der Waals surface area contributed by atoms with Crippen molar-refractivity contribution >= 4 is 66.9 Å². The molecule has 0 aliphatic carbocycles. The van der Waals surface area contributed by atoms with E-state index in [-0.39, 0.29) is 47.2 Å². The molecule has 0 aromatic heterocycles. The van der Waals surface area contributed by atoms with E-state index in [4.69, 9.17) is 32.7 Å². The van der Waals surface area contributed by atoms with Crippen molar-refractivity contribution in [1.82, 2.24) is 0 Å². The molecular weight excluding hydrogens is 713 g/mol. The summed E-state index contributed by atoms with van der Waals surface area (Å²) in [5, 5.41) is 0.606. The minimum atomic E-state index is -0.426. The Bertz CT molecular complexity index is 1490. The van der Waals surface area contributed by atoms with E-state index in [1.165, 1.54) is 12.1 Å². The summed E-state index contributed by atoms with van der Waals surface area (Å²) in [5.41, 5.74) is 2.50. The van der Waals surface area contributed by atoms with Gasteiger partial charge in [0.15, 0.2) is 0 Å². The Morgan fingerprint density at radius 2 is 0.952 bits per heavy atom. The molecule has 4 aromatic rings. The molecule has 10 heteroatoms. The molecule has 0 radical (unpaired) electrons. The van der Waals surface area contributed by atoms with Crippen LogP contribution in [0.25, 0.3) is 0 Å². The zero-order valence-electron chi connectivity index (χ0n) is 22.4. The molecular formula is C32H24Br2Cl2F2N2O2. The highest BCUT2D eigenvalue weighted by Crippen LogP contribution is 2.35. The summed E-state index contributed by atoms with van der Waals surface area (Å²) in [6.07, 6.45) is -0.339. The van der Waals surface area contributed by atoms with Gasteiger partial charge in [0.2, 0.25) is 11.8 Å². The lowest BCUT2D eigenvalue weighted by molar-refractivity contribution is 0.213. The third kappa shape index (κ3) is 6.72.